The van der Waals surface area contributed by atoms with Crippen LogP contribution in [0.5, 0.6) is 0 Å². The molecule has 2 heterocycles. The van der Waals surface area contributed by atoms with Crippen molar-refractivity contribution in [3.05, 3.63) is 35.7 Å². The number of halogens is 1. The average molecular weight is 193 g/mol. The van der Waals surface area contributed by atoms with Gasteiger partial charge in [0.25, 0.3) is 0 Å². The lowest BCUT2D eigenvalue weighted by molar-refractivity contribution is 0.560. The van der Waals surface area contributed by atoms with Crippen LogP contribution in [-0.2, 0) is 6.54 Å². The molecule has 2 aromatic heterocycles. The van der Waals surface area contributed by atoms with Gasteiger partial charge in [-0.15, -0.1) is 5.10 Å². The zero-order valence-corrected chi connectivity index (χ0v) is 7.55. The molecule has 0 N–H and O–H groups in total. The third-order valence-electron chi connectivity index (χ3n) is 1.80. The van der Waals surface area contributed by atoms with Gasteiger partial charge in [0.05, 0.1) is 12.2 Å². The molecule has 0 saturated carbocycles. The summed E-state index contributed by atoms with van der Waals surface area (Å²) in [7, 11) is 0. The van der Waals surface area contributed by atoms with Crippen molar-refractivity contribution in [2.24, 2.45) is 0 Å². The highest BCUT2D eigenvalue weighted by Crippen LogP contribution is 2.00. The highest BCUT2D eigenvalue weighted by Gasteiger charge is 2.02. The Morgan fingerprint density at radius 3 is 2.93 bits per heavy atom. The van der Waals surface area contributed by atoms with Crippen LogP contribution in [0.4, 0.5) is 4.39 Å². The van der Waals surface area contributed by atoms with Crippen LogP contribution in [-0.4, -0.2) is 25.2 Å². The summed E-state index contributed by atoms with van der Waals surface area (Å²) in [5.41, 5.74) is 0.598. The van der Waals surface area contributed by atoms with E-state index in [4.69, 9.17) is 0 Å². The maximum Gasteiger partial charge on any atom is 0.213 e. The van der Waals surface area contributed by atoms with Crippen molar-refractivity contribution in [2.45, 2.75) is 13.5 Å². The number of hydrogen-bond acceptors (Lipinski definition) is 4. The first-order chi connectivity index (χ1) is 6.75. The smallest absolute Gasteiger partial charge is 0.213 e. The number of pyridine rings is 1. The van der Waals surface area contributed by atoms with Crippen molar-refractivity contribution in [3.63, 3.8) is 0 Å². The molecular weight excluding hydrogens is 185 g/mol. The standard InChI is InChI=1S/C8H8FN5/c1-6-11-12-13-14(6)5-7-3-2-4-8(9)10-7/h2-4H,5H2,1H3. The molecule has 0 aliphatic heterocycles. The van der Waals surface area contributed by atoms with Gasteiger partial charge in [0, 0.05) is 0 Å². The highest BCUT2D eigenvalue weighted by atomic mass is 19.1. The molecule has 0 aromatic carbocycles. The molecular formula is C8H8FN5. The molecule has 0 unspecified atom stereocenters. The molecule has 0 amide bonds. The minimum atomic E-state index is -0.492. The van der Waals surface area contributed by atoms with Gasteiger partial charge in [0.15, 0.2) is 0 Å². The molecule has 6 heteroatoms. The molecule has 0 radical (unpaired) electrons. The third kappa shape index (κ3) is 1.73. The van der Waals surface area contributed by atoms with E-state index < -0.39 is 5.95 Å². The van der Waals surface area contributed by atoms with Crippen LogP contribution >= 0.6 is 0 Å². The normalized spacial score (nSPS) is 10.4. The quantitative estimate of drug-likeness (QED) is 0.654. The van der Waals surface area contributed by atoms with E-state index in [1.165, 1.54) is 6.07 Å². The van der Waals surface area contributed by atoms with Gasteiger partial charge in [-0.25, -0.2) is 9.67 Å². The molecule has 0 saturated heterocycles. The van der Waals surface area contributed by atoms with Gasteiger partial charge in [-0.05, 0) is 29.5 Å². The summed E-state index contributed by atoms with van der Waals surface area (Å²) in [6, 6.07) is 4.64. The number of tetrazole rings is 1. The van der Waals surface area contributed by atoms with Gasteiger partial charge >= 0.3 is 0 Å². The molecule has 0 spiro atoms. The lowest BCUT2D eigenvalue weighted by Crippen LogP contribution is -2.06. The van der Waals surface area contributed by atoms with E-state index in [9.17, 15) is 4.39 Å². The Kier molecular flexibility index (Phi) is 2.18. The summed E-state index contributed by atoms with van der Waals surface area (Å²) in [4.78, 5) is 3.71. The van der Waals surface area contributed by atoms with E-state index in [0.29, 0.717) is 18.1 Å². The molecule has 0 fully saturated rings. The van der Waals surface area contributed by atoms with Crippen molar-refractivity contribution in [1.29, 1.82) is 0 Å². The summed E-state index contributed by atoms with van der Waals surface area (Å²) in [5, 5.41) is 10.9. The Morgan fingerprint density at radius 2 is 2.29 bits per heavy atom. The lowest BCUT2D eigenvalue weighted by atomic mass is 10.3. The number of rotatable bonds is 2. The molecule has 14 heavy (non-hydrogen) atoms. The first-order valence-electron chi connectivity index (χ1n) is 4.10. The predicted octanol–water partition coefficient (Wildman–Crippen LogP) is 0.564. The van der Waals surface area contributed by atoms with Crippen LogP contribution in [0.25, 0.3) is 0 Å². The summed E-state index contributed by atoms with van der Waals surface area (Å²) < 4.78 is 14.3. The van der Waals surface area contributed by atoms with Gasteiger partial charge in [-0.3, -0.25) is 0 Å². The molecule has 0 aliphatic rings. The summed E-state index contributed by atoms with van der Waals surface area (Å²) in [5.74, 6) is 0.185. The second-order valence-electron chi connectivity index (χ2n) is 2.84. The first-order valence-corrected chi connectivity index (χ1v) is 4.10. The van der Waals surface area contributed by atoms with Gasteiger partial charge in [0.2, 0.25) is 5.95 Å². The Hall–Kier alpha value is -1.85. The van der Waals surface area contributed by atoms with Gasteiger partial charge < -0.3 is 0 Å². The van der Waals surface area contributed by atoms with Crippen molar-refractivity contribution >= 4 is 0 Å². The summed E-state index contributed by atoms with van der Waals surface area (Å²) >= 11 is 0. The van der Waals surface area contributed by atoms with Gasteiger partial charge in [-0.2, -0.15) is 4.39 Å². The highest BCUT2D eigenvalue weighted by molar-refractivity contribution is 5.05. The number of aryl methyl sites for hydroxylation is 1. The van der Waals surface area contributed by atoms with Crippen molar-refractivity contribution < 1.29 is 4.39 Å². The molecule has 2 rings (SSSR count). The van der Waals surface area contributed by atoms with Gasteiger partial charge in [-0.1, -0.05) is 6.07 Å². The Labute approximate surface area is 79.6 Å². The van der Waals surface area contributed by atoms with Crippen molar-refractivity contribution in [2.75, 3.05) is 0 Å². The van der Waals surface area contributed by atoms with Crippen molar-refractivity contribution in [3.8, 4) is 0 Å². The second-order valence-corrected chi connectivity index (χ2v) is 2.84. The maximum atomic E-state index is 12.7. The third-order valence-corrected chi connectivity index (χ3v) is 1.80. The van der Waals surface area contributed by atoms with E-state index in [-0.39, 0.29) is 0 Å². The molecule has 0 atom stereocenters. The molecule has 0 bridgehead atoms. The van der Waals surface area contributed by atoms with Crippen LogP contribution in [0.15, 0.2) is 18.2 Å². The molecule has 72 valence electrons. The van der Waals surface area contributed by atoms with Crippen LogP contribution in [0.3, 0.4) is 0 Å². The fourth-order valence-electron chi connectivity index (χ4n) is 1.09. The molecule has 5 nitrogen and oxygen atoms in total. The van der Waals surface area contributed by atoms with E-state index in [1.54, 1.807) is 23.7 Å². The molecule has 0 aliphatic carbocycles. The fraction of sp³-hybridized carbons (Fsp3) is 0.250. The average Bonchev–Trinajstić information content (AvgIpc) is 2.52. The van der Waals surface area contributed by atoms with E-state index in [1.807, 2.05) is 0 Å². The van der Waals surface area contributed by atoms with Gasteiger partial charge in [0.1, 0.15) is 5.82 Å². The maximum absolute atomic E-state index is 12.7. The largest absolute Gasteiger partial charge is 0.224 e. The topological polar surface area (TPSA) is 56.5 Å². The van der Waals surface area contributed by atoms with Crippen LogP contribution in [0, 0.1) is 12.9 Å². The summed E-state index contributed by atoms with van der Waals surface area (Å²) in [6.07, 6.45) is 0. The minimum absolute atomic E-state index is 0.386. The Bertz CT molecular complexity index is 439. The van der Waals surface area contributed by atoms with Crippen LogP contribution < -0.4 is 0 Å². The second kappa shape index (κ2) is 3.49. The molecule has 2 aromatic rings. The lowest BCUT2D eigenvalue weighted by Gasteiger charge is -2.00. The van der Waals surface area contributed by atoms with E-state index in [2.05, 4.69) is 20.5 Å². The zero-order chi connectivity index (χ0) is 9.97. The minimum Gasteiger partial charge on any atom is -0.224 e. The number of hydrogen-bond donors (Lipinski definition) is 0. The van der Waals surface area contributed by atoms with Crippen LogP contribution in [0.2, 0.25) is 0 Å². The van der Waals surface area contributed by atoms with Crippen LogP contribution in [0.1, 0.15) is 11.5 Å². The Balaban J connectivity index is 2.23. The SMILES string of the molecule is Cc1nnnn1Cc1cccc(F)n1. The van der Waals surface area contributed by atoms with Crippen molar-refractivity contribution in [1.82, 2.24) is 25.2 Å². The number of nitrogens with zero attached hydrogens (tertiary/aromatic N) is 5. The van der Waals surface area contributed by atoms with E-state index in [0.717, 1.165) is 0 Å². The zero-order valence-electron chi connectivity index (χ0n) is 7.55. The van der Waals surface area contributed by atoms with E-state index >= 15 is 0 Å². The first kappa shape index (κ1) is 8.74. The fourth-order valence-corrected chi connectivity index (χ4v) is 1.09. The Morgan fingerprint density at radius 1 is 1.43 bits per heavy atom. The summed E-state index contributed by atoms with van der Waals surface area (Å²) in [6.45, 7) is 2.16. The number of aromatic nitrogens is 5. The monoisotopic (exact) mass is 193 g/mol. The predicted molar refractivity (Wildman–Crippen MR) is 45.9 cm³/mol.